The van der Waals surface area contributed by atoms with Crippen molar-refractivity contribution in [2.45, 2.75) is 24.3 Å². The molecule has 21 heavy (non-hydrogen) atoms. The molecule has 0 aromatic heterocycles. The zero-order valence-corrected chi connectivity index (χ0v) is 11.7. The fourth-order valence-electron chi connectivity index (χ4n) is 3.19. The number of esters is 1. The van der Waals surface area contributed by atoms with Gasteiger partial charge in [-0.25, -0.2) is 9.79 Å². The summed E-state index contributed by atoms with van der Waals surface area (Å²) in [5.41, 5.74) is 0.992. The highest BCUT2D eigenvalue weighted by Crippen LogP contribution is 2.62. The van der Waals surface area contributed by atoms with Crippen molar-refractivity contribution >= 4 is 11.9 Å². The van der Waals surface area contributed by atoms with Crippen LogP contribution in [-0.4, -0.2) is 17.4 Å². The molecule has 0 amide bonds. The Hall–Kier alpha value is -2.42. The van der Waals surface area contributed by atoms with Crippen LogP contribution < -0.4 is 0 Å². The second-order valence-corrected chi connectivity index (χ2v) is 5.91. The van der Waals surface area contributed by atoms with Crippen LogP contribution in [0.25, 0.3) is 0 Å². The number of hydrogen-bond acceptors (Lipinski definition) is 3. The van der Waals surface area contributed by atoms with Crippen molar-refractivity contribution < 1.29 is 9.53 Å². The number of carbonyl (C=O) groups is 1. The second kappa shape index (κ2) is 4.04. The molecular weight excluding hydrogens is 262 g/mol. The van der Waals surface area contributed by atoms with Crippen LogP contribution in [0.15, 0.2) is 65.7 Å². The van der Waals surface area contributed by atoms with Crippen molar-refractivity contribution in [1.29, 1.82) is 0 Å². The number of nitrogens with zero attached hydrogens (tertiary/aromatic N) is 1. The van der Waals surface area contributed by atoms with E-state index >= 15 is 0 Å². The Morgan fingerprint density at radius 1 is 1.00 bits per heavy atom. The standard InChI is InChI=1S/C18H15NO2/c1-17(14-10-6-3-7-11-14)12-18(17)16(20)21-15(19-18)13-8-4-2-5-9-13/h2-11H,12H2,1H3/t17-,18+/m0/s1. The van der Waals surface area contributed by atoms with E-state index in [0.717, 1.165) is 11.1 Å². The summed E-state index contributed by atoms with van der Waals surface area (Å²) in [6, 6.07) is 19.7. The van der Waals surface area contributed by atoms with E-state index < -0.39 is 5.54 Å². The SMILES string of the molecule is C[C@@]1(c2ccccc2)C[C@]12N=C(c1ccccc1)OC2=O. The predicted molar refractivity (Wildman–Crippen MR) is 80.2 cm³/mol. The number of aliphatic imine (C=N–C) groups is 1. The van der Waals surface area contributed by atoms with Crippen molar-refractivity contribution in [2.75, 3.05) is 0 Å². The lowest BCUT2D eigenvalue weighted by Gasteiger charge is -2.13. The molecule has 0 radical (unpaired) electrons. The number of rotatable bonds is 2. The van der Waals surface area contributed by atoms with Crippen LogP contribution in [0.1, 0.15) is 24.5 Å². The summed E-state index contributed by atoms with van der Waals surface area (Å²) in [4.78, 5) is 17.1. The average molecular weight is 277 g/mol. The third-order valence-corrected chi connectivity index (χ3v) is 4.65. The van der Waals surface area contributed by atoms with Crippen molar-refractivity contribution in [3.8, 4) is 0 Å². The van der Waals surface area contributed by atoms with E-state index in [2.05, 4.69) is 24.0 Å². The quantitative estimate of drug-likeness (QED) is 0.791. The fraction of sp³-hybridized carbons (Fsp3) is 0.222. The Morgan fingerprint density at radius 2 is 1.62 bits per heavy atom. The number of cyclic esters (lactones) is 1. The number of carbonyl (C=O) groups excluding carboxylic acids is 1. The minimum Gasteiger partial charge on any atom is -0.405 e. The van der Waals surface area contributed by atoms with Gasteiger partial charge < -0.3 is 4.74 Å². The molecule has 2 aliphatic rings. The molecule has 3 heteroatoms. The van der Waals surface area contributed by atoms with Gasteiger partial charge in [0.05, 0.1) is 0 Å². The third kappa shape index (κ3) is 1.60. The Balaban J connectivity index is 1.74. The summed E-state index contributed by atoms with van der Waals surface area (Å²) in [7, 11) is 0. The first-order valence-electron chi connectivity index (χ1n) is 7.09. The molecule has 1 saturated carbocycles. The lowest BCUT2D eigenvalue weighted by atomic mass is 9.93. The summed E-state index contributed by atoms with van der Waals surface area (Å²) in [5, 5.41) is 0. The Kier molecular flexibility index (Phi) is 2.37. The molecule has 2 aromatic rings. The normalized spacial score (nSPS) is 30.1. The summed E-state index contributed by atoms with van der Waals surface area (Å²) < 4.78 is 5.45. The van der Waals surface area contributed by atoms with Gasteiger partial charge in [-0.05, 0) is 24.1 Å². The fourth-order valence-corrected chi connectivity index (χ4v) is 3.19. The number of ether oxygens (including phenoxy) is 1. The minimum absolute atomic E-state index is 0.229. The smallest absolute Gasteiger partial charge is 0.341 e. The van der Waals surface area contributed by atoms with Gasteiger partial charge in [0.1, 0.15) is 0 Å². The lowest BCUT2D eigenvalue weighted by Crippen LogP contribution is -2.26. The van der Waals surface area contributed by atoms with Crippen molar-refractivity contribution in [2.24, 2.45) is 4.99 Å². The molecule has 3 nitrogen and oxygen atoms in total. The topological polar surface area (TPSA) is 38.7 Å². The molecular formula is C18H15NO2. The van der Waals surface area contributed by atoms with Crippen LogP contribution in [0.3, 0.4) is 0 Å². The van der Waals surface area contributed by atoms with Crippen LogP contribution >= 0.6 is 0 Å². The summed E-state index contributed by atoms with van der Waals surface area (Å²) >= 11 is 0. The van der Waals surface area contributed by atoms with Gasteiger partial charge >= 0.3 is 5.97 Å². The van der Waals surface area contributed by atoms with Gasteiger partial charge in [0, 0.05) is 11.0 Å². The molecule has 0 unspecified atom stereocenters. The highest BCUT2D eigenvalue weighted by Gasteiger charge is 2.74. The van der Waals surface area contributed by atoms with Gasteiger partial charge in [0.15, 0.2) is 5.54 Å². The molecule has 0 bridgehead atoms. The maximum Gasteiger partial charge on any atom is 0.341 e. The first-order chi connectivity index (χ1) is 10.2. The van der Waals surface area contributed by atoms with Crippen molar-refractivity contribution in [3.05, 3.63) is 71.8 Å². The van der Waals surface area contributed by atoms with E-state index in [1.807, 2.05) is 48.5 Å². The van der Waals surface area contributed by atoms with E-state index in [-0.39, 0.29) is 11.4 Å². The molecule has 104 valence electrons. The summed E-state index contributed by atoms with van der Waals surface area (Å²) in [6.07, 6.45) is 0.708. The van der Waals surface area contributed by atoms with Crippen molar-refractivity contribution in [1.82, 2.24) is 0 Å². The van der Waals surface area contributed by atoms with Crippen LogP contribution in [-0.2, 0) is 14.9 Å². The first-order valence-corrected chi connectivity index (χ1v) is 7.09. The zero-order chi connectivity index (χ0) is 14.5. The zero-order valence-electron chi connectivity index (χ0n) is 11.7. The summed E-state index contributed by atoms with van der Waals surface area (Å²) in [5.74, 6) is 0.216. The van der Waals surface area contributed by atoms with E-state index in [1.165, 1.54) is 0 Å². The van der Waals surface area contributed by atoms with E-state index in [1.54, 1.807) is 0 Å². The van der Waals surface area contributed by atoms with Gasteiger partial charge in [0.2, 0.25) is 5.90 Å². The summed E-state index contributed by atoms with van der Waals surface area (Å²) in [6.45, 7) is 2.08. The van der Waals surface area contributed by atoms with E-state index in [0.29, 0.717) is 12.3 Å². The lowest BCUT2D eigenvalue weighted by molar-refractivity contribution is -0.136. The molecule has 4 rings (SSSR count). The van der Waals surface area contributed by atoms with Gasteiger partial charge in [0.25, 0.3) is 0 Å². The van der Waals surface area contributed by atoms with Gasteiger partial charge in [-0.1, -0.05) is 55.5 Å². The van der Waals surface area contributed by atoms with Crippen LogP contribution in [0, 0.1) is 0 Å². The predicted octanol–water partition coefficient (Wildman–Crippen LogP) is 3.09. The highest BCUT2D eigenvalue weighted by atomic mass is 16.6. The average Bonchev–Trinajstić information content (AvgIpc) is 3.01. The van der Waals surface area contributed by atoms with Gasteiger partial charge in [-0.2, -0.15) is 0 Å². The minimum atomic E-state index is -0.737. The Morgan fingerprint density at radius 3 is 2.29 bits per heavy atom. The second-order valence-electron chi connectivity index (χ2n) is 5.91. The Bertz CT molecular complexity index is 738. The molecule has 0 N–H and O–H groups in total. The molecule has 1 aliphatic carbocycles. The van der Waals surface area contributed by atoms with Crippen LogP contribution in [0.5, 0.6) is 0 Å². The van der Waals surface area contributed by atoms with Crippen LogP contribution in [0.2, 0.25) is 0 Å². The molecule has 2 atom stereocenters. The maximum atomic E-state index is 12.4. The highest BCUT2D eigenvalue weighted by molar-refractivity contribution is 6.10. The van der Waals surface area contributed by atoms with Crippen LogP contribution in [0.4, 0.5) is 0 Å². The molecule has 1 spiro atoms. The maximum absolute atomic E-state index is 12.4. The van der Waals surface area contributed by atoms with E-state index in [4.69, 9.17) is 4.74 Å². The Labute approximate surface area is 123 Å². The number of hydrogen-bond donors (Lipinski definition) is 0. The monoisotopic (exact) mass is 277 g/mol. The first kappa shape index (κ1) is 12.3. The molecule has 2 aromatic carbocycles. The molecule has 1 aliphatic heterocycles. The molecule has 1 fully saturated rings. The third-order valence-electron chi connectivity index (χ3n) is 4.65. The largest absolute Gasteiger partial charge is 0.405 e. The van der Waals surface area contributed by atoms with E-state index in [9.17, 15) is 4.79 Å². The number of benzene rings is 2. The molecule has 0 saturated heterocycles. The van der Waals surface area contributed by atoms with Gasteiger partial charge in [-0.15, -0.1) is 0 Å². The van der Waals surface area contributed by atoms with Gasteiger partial charge in [-0.3, -0.25) is 0 Å². The molecule has 1 heterocycles. The van der Waals surface area contributed by atoms with Crippen molar-refractivity contribution in [3.63, 3.8) is 0 Å².